The number of nitrogens with zero attached hydrogens (tertiary/aromatic N) is 5. The highest BCUT2D eigenvalue weighted by Gasteiger charge is 2.30. The normalized spacial score (nSPS) is 14.0. The number of piperazine rings is 1. The molecule has 1 fully saturated rings. The van der Waals surface area contributed by atoms with Gasteiger partial charge in [0.1, 0.15) is 17.4 Å². The molecular weight excluding hydrogens is 485 g/mol. The molecule has 1 amide bonds. The average molecular weight is 509 g/mol. The van der Waals surface area contributed by atoms with E-state index in [0.29, 0.717) is 28.5 Å². The van der Waals surface area contributed by atoms with Crippen molar-refractivity contribution in [2.24, 2.45) is 0 Å². The summed E-state index contributed by atoms with van der Waals surface area (Å²) in [5.41, 5.74) is 2.00. The Hall–Kier alpha value is -4.32. The van der Waals surface area contributed by atoms with Crippen molar-refractivity contribution in [1.29, 1.82) is 0 Å². The molecule has 0 spiro atoms. The number of rotatable bonds is 5. The van der Waals surface area contributed by atoms with E-state index in [9.17, 15) is 18.0 Å². The summed E-state index contributed by atoms with van der Waals surface area (Å²) in [6, 6.07) is 9.46. The Kier molecular flexibility index (Phi) is 6.57. The second-order valence-electron chi connectivity index (χ2n) is 8.55. The van der Waals surface area contributed by atoms with Crippen molar-refractivity contribution in [3.63, 3.8) is 0 Å². The van der Waals surface area contributed by atoms with Crippen molar-refractivity contribution >= 4 is 40.1 Å². The highest BCUT2D eigenvalue weighted by atomic mass is 19.4. The number of nitrogens with one attached hydrogen (secondary N) is 3. The Balaban J connectivity index is 1.41. The lowest BCUT2D eigenvalue weighted by Gasteiger charge is -2.27. The first-order chi connectivity index (χ1) is 17.8. The Bertz CT molecular complexity index is 1450. The number of amides is 1. The SMILES string of the molecule is Cc1ccc(C(=O)Nc2cccc(C(F)(F)F)c2)cc1Nc1ncnc2cnc(N3CCNCC3)nc12. The summed E-state index contributed by atoms with van der Waals surface area (Å²) < 4.78 is 39.1. The van der Waals surface area contributed by atoms with Crippen molar-refractivity contribution in [2.75, 3.05) is 41.7 Å². The highest BCUT2D eigenvalue weighted by Crippen LogP contribution is 2.31. The van der Waals surface area contributed by atoms with Gasteiger partial charge in [-0.15, -0.1) is 0 Å². The van der Waals surface area contributed by atoms with Gasteiger partial charge in [-0.3, -0.25) is 4.79 Å². The molecule has 1 saturated heterocycles. The van der Waals surface area contributed by atoms with Crippen molar-refractivity contribution in [1.82, 2.24) is 25.3 Å². The van der Waals surface area contributed by atoms with Crippen LogP contribution in [0, 0.1) is 6.92 Å². The van der Waals surface area contributed by atoms with Gasteiger partial charge in [-0.05, 0) is 42.8 Å². The molecule has 1 aliphatic heterocycles. The predicted molar refractivity (Wildman–Crippen MR) is 134 cm³/mol. The number of fused-ring (bicyclic) bond motifs is 1. The first kappa shape index (κ1) is 24.4. The molecular formula is C25H23F3N8O. The number of halogens is 3. The minimum Gasteiger partial charge on any atom is -0.338 e. The molecule has 2 aromatic carbocycles. The fourth-order valence-corrected chi connectivity index (χ4v) is 3.96. The van der Waals surface area contributed by atoms with Crippen LogP contribution in [0.2, 0.25) is 0 Å². The molecule has 37 heavy (non-hydrogen) atoms. The van der Waals surface area contributed by atoms with E-state index in [2.05, 4.69) is 35.8 Å². The van der Waals surface area contributed by atoms with Crippen LogP contribution in [0.15, 0.2) is 55.0 Å². The number of aryl methyl sites for hydroxylation is 1. The third-order valence-corrected chi connectivity index (χ3v) is 5.97. The van der Waals surface area contributed by atoms with Gasteiger partial charge in [0.2, 0.25) is 5.95 Å². The van der Waals surface area contributed by atoms with E-state index in [1.165, 1.54) is 18.5 Å². The van der Waals surface area contributed by atoms with Gasteiger partial charge in [-0.25, -0.2) is 19.9 Å². The van der Waals surface area contributed by atoms with E-state index in [0.717, 1.165) is 43.9 Å². The van der Waals surface area contributed by atoms with Crippen LogP contribution >= 0.6 is 0 Å². The quantitative estimate of drug-likeness (QED) is 0.369. The van der Waals surface area contributed by atoms with Crippen LogP contribution in [-0.2, 0) is 6.18 Å². The molecule has 190 valence electrons. The van der Waals surface area contributed by atoms with Crippen LogP contribution in [-0.4, -0.2) is 52.0 Å². The van der Waals surface area contributed by atoms with Gasteiger partial charge in [0.25, 0.3) is 5.91 Å². The molecule has 0 unspecified atom stereocenters. The number of benzene rings is 2. The number of alkyl halides is 3. The van der Waals surface area contributed by atoms with Gasteiger partial charge in [0.05, 0.1) is 11.8 Å². The lowest BCUT2D eigenvalue weighted by molar-refractivity contribution is -0.137. The summed E-state index contributed by atoms with van der Waals surface area (Å²) in [6.45, 7) is 5.11. The van der Waals surface area contributed by atoms with Gasteiger partial charge in [-0.2, -0.15) is 13.2 Å². The third kappa shape index (κ3) is 5.43. The zero-order chi connectivity index (χ0) is 26.0. The predicted octanol–water partition coefficient (Wildman–Crippen LogP) is 4.15. The van der Waals surface area contributed by atoms with Crippen molar-refractivity contribution in [2.45, 2.75) is 13.1 Å². The Morgan fingerprint density at radius 3 is 2.65 bits per heavy atom. The van der Waals surface area contributed by atoms with E-state index < -0.39 is 17.6 Å². The zero-order valence-corrected chi connectivity index (χ0v) is 19.8. The molecule has 3 N–H and O–H groups in total. The van der Waals surface area contributed by atoms with Crippen molar-refractivity contribution in [3.05, 3.63) is 71.7 Å². The maximum absolute atomic E-state index is 13.0. The summed E-state index contributed by atoms with van der Waals surface area (Å²) in [7, 11) is 0. The maximum atomic E-state index is 13.0. The van der Waals surface area contributed by atoms with Crippen LogP contribution in [0.1, 0.15) is 21.5 Å². The second kappa shape index (κ2) is 9.97. The number of aromatic nitrogens is 4. The molecule has 9 nitrogen and oxygen atoms in total. The number of carbonyl (C=O) groups is 1. The topological polar surface area (TPSA) is 108 Å². The third-order valence-electron chi connectivity index (χ3n) is 5.97. The van der Waals surface area contributed by atoms with Gasteiger partial charge in [-0.1, -0.05) is 12.1 Å². The summed E-state index contributed by atoms with van der Waals surface area (Å²) >= 11 is 0. The molecule has 2 aromatic heterocycles. The van der Waals surface area contributed by atoms with Gasteiger partial charge >= 0.3 is 6.18 Å². The highest BCUT2D eigenvalue weighted by molar-refractivity contribution is 6.05. The van der Waals surface area contributed by atoms with E-state index in [1.807, 2.05) is 6.92 Å². The molecule has 0 saturated carbocycles. The molecule has 5 rings (SSSR count). The molecule has 4 aromatic rings. The van der Waals surface area contributed by atoms with E-state index >= 15 is 0 Å². The lowest BCUT2D eigenvalue weighted by Crippen LogP contribution is -2.44. The fraction of sp³-hybridized carbons (Fsp3) is 0.240. The average Bonchev–Trinajstić information content (AvgIpc) is 2.90. The van der Waals surface area contributed by atoms with E-state index in [1.54, 1.807) is 24.4 Å². The van der Waals surface area contributed by atoms with Crippen LogP contribution in [0.3, 0.4) is 0 Å². The summed E-state index contributed by atoms with van der Waals surface area (Å²) in [6.07, 6.45) is -1.45. The molecule has 0 atom stereocenters. The number of hydrogen-bond acceptors (Lipinski definition) is 8. The Morgan fingerprint density at radius 2 is 1.86 bits per heavy atom. The first-order valence-electron chi connectivity index (χ1n) is 11.6. The van der Waals surface area contributed by atoms with Crippen LogP contribution < -0.4 is 20.9 Å². The number of hydrogen-bond donors (Lipinski definition) is 3. The minimum atomic E-state index is -4.50. The molecule has 3 heterocycles. The smallest absolute Gasteiger partial charge is 0.338 e. The summed E-state index contributed by atoms with van der Waals surface area (Å²) in [5, 5.41) is 9.06. The van der Waals surface area contributed by atoms with Crippen molar-refractivity contribution < 1.29 is 18.0 Å². The lowest BCUT2D eigenvalue weighted by atomic mass is 10.1. The van der Waals surface area contributed by atoms with E-state index in [4.69, 9.17) is 4.98 Å². The summed E-state index contributed by atoms with van der Waals surface area (Å²) in [5.74, 6) is 0.485. The van der Waals surface area contributed by atoms with Crippen LogP contribution in [0.5, 0.6) is 0 Å². The van der Waals surface area contributed by atoms with Gasteiger partial charge < -0.3 is 20.9 Å². The largest absolute Gasteiger partial charge is 0.416 e. The van der Waals surface area contributed by atoms with Crippen molar-refractivity contribution in [3.8, 4) is 0 Å². The van der Waals surface area contributed by atoms with Crippen LogP contribution in [0.25, 0.3) is 11.0 Å². The maximum Gasteiger partial charge on any atom is 0.416 e. The summed E-state index contributed by atoms with van der Waals surface area (Å²) in [4.78, 5) is 32.7. The number of carbonyl (C=O) groups excluding carboxylic acids is 1. The Labute approximate surface area is 210 Å². The van der Waals surface area contributed by atoms with Gasteiger partial charge in [0.15, 0.2) is 5.82 Å². The number of anilines is 4. The first-order valence-corrected chi connectivity index (χ1v) is 11.6. The molecule has 0 aliphatic carbocycles. The van der Waals surface area contributed by atoms with E-state index in [-0.39, 0.29) is 11.3 Å². The molecule has 0 bridgehead atoms. The zero-order valence-electron chi connectivity index (χ0n) is 19.8. The molecule has 1 aliphatic rings. The van der Waals surface area contributed by atoms with Crippen LogP contribution in [0.4, 0.5) is 36.3 Å². The minimum absolute atomic E-state index is 0.0499. The Morgan fingerprint density at radius 1 is 1.05 bits per heavy atom. The second-order valence-corrected chi connectivity index (χ2v) is 8.55. The monoisotopic (exact) mass is 508 g/mol. The fourth-order valence-electron chi connectivity index (χ4n) is 3.96. The molecule has 0 radical (unpaired) electrons. The molecule has 12 heteroatoms. The van der Waals surface area contributed by atoms with Gasteiger partial charge in [0, 0.05) is 43.1 Å². The standard InChI is InChI=1S/C25H23F3N8O/c1-15-5-6-16(23(37)33-18-4-2-3-17(12-18)25(26,27)28)11-19(15)34-22-21-20(31-14-32-22)13-30-24(35-21)36-9-7-29-8-10-36/h2-6,11-14,29H,7-10H2,1H3,(H,33,37)(H,31,32,34).